The van der Waals surface area contributed by atoms with Crippen LogP contribution >= 0.6 is 0 Å². The molecule has 3 rings (SSSR count). The molecule has 2 aromatic carbocycles. The van der Waals surface area contributed by atoms with Crippen LogP contribution in [0.25, 0.3) is 0 Å². The molecule has 3 amide bonds. The van der Waals surface area contributed by atoms with Crippen molar-refractivity contribution in [3.05, 3.63) is 69.8 Å². The Morgan fingerprint density at radius 1 is 1.21 bits per heavy atom. The fourth-order valence-electron chi connectivity index (χ4n) is 3.14. The van der Waals surface area contributed by atoms with Crippen LogP contribution in [0.4, 0.5) is 10.5 Å². The highest BCUT2D eigenvalue weighted by Crippen LogP contribution is 2.30. The lowest BCUT2D eigenvalue weighted by Crippen LogP contribution is -2.42. The summed E-state index contributed by atoms with van der Waals surface area (Å²) in [6.45, 7) is 3.06. The van der Waals surface area contributed by atoms with E-state index in [2.05, 4.69) is 5.32 Å². The number of urea groups is 1. The first-order valence-corrected chi connectivity index (χ1v) is 8.98. The highest BCUT2D eigenvalue weighted by atomic mass is 16.6. The molecule has 29 heavy (non-hydrogen) atoms. The molecule has 0 bridgehead atoms. The monoisotopic (exact) mass is 399 g/mol. The average Bonchev–Trinajstić information content (AvgIpc) is 2.91. The normalized spacial score (nSPS) is 19.8. The van der Waals surface area contributed by atoms with Gasteiger partial charge in [-0.3, -0.25) is 19.8 Å². The van der Waals surface area contributed by atoms with Crippen LogP contribution in [0.15, 0.2) is 48.5 Å². The number of aliphatic hydroxyl groups is 1. The maximum atomic E-state index is 12.9. The summed E-state index contributed by atoms with van der Waals surface area (Å²) in [5.74, 6) is 0.0609. The molecule has 9 heteroatoms. The molecule has 0 spiro atoms. The van der Waals surface area contributed by atoms with Gasteiger partial charge in [0.1, 0.15) is 24.0 Å². The topological polar surface area (TPSA) is 122 Å². The van der Waals surface area contributed by atoms with Crippen LogP contribution in [0.3, 0.4) is 0 Å². The van der Waals surface area contributed by atoms with Crippen LogP contribution in [0.1, 0.15) is 18.1 Å². The SMILES string of the molecule is Cc1ccccc1OC[C@@H](O)CN1C(=O)N[C@](C)(c2ccc([N+](=O)[O-])cc2)C1=O. The van der Waals surface area contributed by atoms with E-state index in [4.69, 9.17) is 4.74 Å². The molecule has 152 valence electrons. The van der Waals surface area contributed by atoms with Crippen molar-refractivity contribution in [3.8, 4) is 5.75 Å². The van der Waals surface area contributed by atoms with Crippen molar-refractivity contribution < 1.29 is 24.4 Å². The smallest absolute Gasteiger partial charge is 0.325 e. The zero-order valence-electron chi connectivity index (χ0n) is 16.0. The zero-order valence-corrected chi connectivity index (χ0v) is 16.0. The number of nitrogens with one attached hydrogen (secondary N) is 1. The van der Waals surface area contributed by atoms with E-state index in [1.54, 1.807) is 6.07 Å². The van der Waals surface area contributed by atoms with Crippen molar-refractivity contribution in [2.24, 2.45) is 0 Å². The molecular weight excluding hydrogens is 378 g/mol. The molecule has 9 nitrogen and oxygen atoms in total. The highest BCUT2D eigenvalue weighted by Gasteiger charge is 2.49. The first-order chi connectivity index (χ1) is 13.7. The van der Waals surface area contributed by atoms with Gasteiger partial charge >= 0.3 is 6.03 Å². The summed E-state index contributed by atoms with van der Waals surface area (Å²) >= 11 is 0. The Morgan fingerprint density at radius 2 is 1.86 bits per heavy atom. The molecule has 0 unspecified atom stereocenters. The third kappa shape index (κ3) is 4.04. The van der Waals surface area contributed by atoms with Gasteiger partial charge in [0.05, 0.1) is 11.5 Å². The largest absolute Gasteiger partial charge is 0.491 e. The number of amides is 3. The Hall–Kier alpha value is -3.46. The summed E-state index contributed by atoms with van der Waals surface area (Å²) in [4.78, 5) is 36.4. The fraction of sp³-hybridized carbons (Fsp3) is 0.300. The Labute approximate surface area is 167 Å². The van der Waals surface area contributed by atoms with Gasteiger partial charge in [0.15, 0.2) is 0 Å². The molecule has 0 radical (unpaired) electrons. The molecule has 1 aliphatic rings. The van der Waals surface area contributed by atoms with Crippen LogP contribution < -0.4 is 10.1 Å². The van der Waals surface area contributed by atoms with Crippen LogP contribution in [-0.2, 0) is 10.3 Å². The van der Waals surface area contributed by atoms with Crippen LogP contribution in [0, 0.1) is 17.0 Å². The van der Waals surface area contributed by atoms with E-state index in [1.165, 1.54) is 31.2 Å². The minimum Gasteiger partial charge on any atom is -0.491 e. The molecule has 1 aliphatic heterocycles. The number of imide groups is 1. The molecule has 2 aromatic rings. The molecule has 1 fully saturated rings. The van der Waals surface area contributed by atoms with Crippen LogP contribution in [0.2, 0.25) is 0 Å². The molecule has 0 saturated carbocycles. The van der Waals surface area contributed by atoms with E-state index >= 15 is 0 Å². The molecule has 1 heterocycles. The molecule has 2 atom stereocenters. The summed E-state index contributed by atoms with van der Waals surface area (Å²) in [6.07, 6.45) is -1.08. The Balaban J connectivity index is 1.68. The lowest BCUT2D eigenvalue weighted by Gasteiger charge is -2.23. The minimum atomic E-state index is -1.37. The number of aliphatic hydroxyl groups excluding tert-OH is 1. The van der Waals surface area contributed by atoms with Crippen molar-refractivity contribution in [2.75, 3.05) is 13.2 Å². The second kappa shape index (κ2) is 7.88. The van der Waals surface area contributed by atoms with Crippen molar-refractivity contribution in [1.82, 2.24) is 10.2 Å². The van der Waals surface area contributed by atoms with Crippen molar-refractivity contribution >= 4 is 17.6 Å². The summed E-state index contributed by atoms with van der Waals surface area (Å²) in [5, 5.41) is 23.7. The lowest BCUT2D eigenvalue weighted by molar-refractivity contribution is -0.384. The van der Waals surface area contributed by atoms with Crippen LogP contribution in [-0.4, -0.2) is 46.1 Å². The highest BCUT2D eigenvalue weighted by molar-refractivity contribution is 6.07. The molecular formula is C20H21N3O6. The predicted molar refractivity (Wildman–Crippen MR) is 103 cm³/mol. The van der Waals surface area contributed by atoms with E-state index in [1.807, 2.05) is 25.1 Å². The van der Waals surface area contributed by atoms with E-state index in [9.17, 15) is 24.8 Å². The summed E-state index contributed by atoms with van der Waals surface area (Å²) in [6, 6.07) is 12.1. The number of rotatable bonds is 7. The number of β-amino-alcohol motifs (C(OH)–C–C–N with tert-alkyl or cyclic N) is 1. The van der Waals surface area contributed by atoms with Crippen molar-refractivity contribution in [1.29, 1.82) is 0 Å². The zero-order chi connectivity index (χ0) is 21.2. The third-order valence-corrected chi connectivity index (χ3v) is 4.85. The van der Waals surface area contributed by atoms with E-state index in [0.717, 1.165) is 10.5 Å². The van der Waals surface area contributed by atoms with Gasteiger partial charge in [-0.25, -0.2) is 4.79 Å². The number of benzene rings is 2. The first kappa shape index (κ1) is 20.3. The van der Waals surface area contributed by atoms with Gasteiger partial charge in [0.25, 0.3) is 11.6 Å². The lowest BCUT2D eigenvalue weighted by atomic mass is 9.92. The van der Waals surface area contributed by atoms with Gasteiger partial charge in [-0.15, -0.1) is 0 Å². The average molecular weight is 399 g/mol. The summed E-state index contributed by atoms with van der Waals surface area (Å²) in [5.41, 5.74) is -0.173. The van der Waals surface area contributed by atoms with Gasteiger partial charge < -0.3 is 15.2 Å². The quantitative estimate of drug-likeness (QED) is 0.418. The summed E-state index contributed by atoms with van der Waals surface area (Å²) < 4.78 is 5.57. The standard InChI is InChI=1S/C20H21N3O6/c1-13-5-3-4-6-17(13)29-12-16(24)11-22-18(25)20(2,21-19(22)26)14-7-9-15(10-8-14)23(27)28/h3-10,16,24H,11-12H2,1-2H3,(H,21,26)/t16-,20+/m0/s1. The number of carbonyl (C=O) groups excluding carboxylic acids is 2. The van der Waals surface area contributed by atoms with E-state index < -0.39 is 28.5 Å². The minimum absolute atomic E-state index is 0.0871. The first-order valence-electron chi connectivity index (χ1n) is 8.98. The Bertz CT molecular complexity index is 945. The fourth-order valence-corrected chi connectivity index (χ4v) is 3.14. The molecule has 0 aromatic heterocycles. The molecule has 0 aliphatic carbocycles. The second-order valence-corrected chi connectivity index (χ2v) is 7.01. The molecule has 2 N–H and O–H groups in total. The number of para-hydroxylation sites is 1. The number of non-ortho nitro benzene ring substituents is 1. The summed E-state index contributed by atoms with van der Waals surface area (Å²) in [7, 11) is 0. The predicted octanol–water partition coefficient (Wildman–Crippen LogP) is 2.11. The number of carbonyl (C=O) groups is 2. The Morgan fingerprint density at radius 3 is 2.48 bits per heavy atom. The number of aryl methyl sites for hydroxylation is 1. The van der Waals surface area contributed by atoms with E-state index in [-0.39, 0.29) is 18.8 Å². The number of ether oxygens (including phenoxy) is 1. The van der Waals surface area contributed by atoms with Crippen LogP contribution in [0.5, 0.6) is 5.75 Å². The molecule has 1 saturated heterocycles. The maximum Gasteiger partial charge on any atom is 0.325 e. The number of nitrogens with zero attached hydrogens (tertiary/aromatic N) is 2. The second-order valence-electron chi connectivity index (χ2n) is 7.01. The van der Waals surface area contributed by atoms with Gasteiger partial charge in [-0.2, -0.15) is 0 Å². The van der Waals surface area contributed by atoms with Crippen molar-refractivity contribution in [3.63, 3.8) is 0 Å². The van der Waals surface area contributed by atoms with Gasteiger partial charge in [-0.05, 0) is 43.2 Å². The van der Waals surface area contributed by atoms with E-state index in [0.29, 0.717) is 11.3 Å². The van der Waals surface area contributed by atoms with Gasteiger partial charge in [0, 0.05) is 12.1 Å². The van der Waals surface area contributed by atoms with Gasteiger partial charge in [0.2, 0.25) is 0 Å². The third-order valence-electron chi connectivity index (χ3n) is 4.85. The van der Waals surface area contributed by atoms with Gasteiger partial charge in [-0.1, -0.05) is 18.2 Å². The number of nitro benzene ring substituents is 1. The maximum absolute atomic E-state index is 12.9. The number of nitro groups is 1. The Kier molecular flexibility index (Phi) is 5.51. The number of hydrogen-bond acceptors (Lipinski definition) is 6. The number of hydrogen-bond donors (Lipinski definition) is 2. The van der Waals surface area contributed by atoms with Crippen molar-refractivity contribution in [2.45, 2.75) is 25.5 Å².